The standard InChI is InChI=1S/C16H16ClNO5S/c1-22-14-9-13(15(23-2)8-12(14)17)18-16(19)10-24(20,21)11-6-4-3-5-7-11/h3-9H,10H2,1-2H3,(H,18,19). The third-order valence-electron chi connectivity index (χ3n) is 3.17. The number of anilines is 1. The maximum Gasteiger partial charge on any atom is 0.240 e. The number of halogens is 1. The van der Waals surface area contributed by atoms with Crippen LogP contribution >= 0.6 is 11.6 Å². The molecule has 2 rings (SSSR count). The SMILES string of the molecule is COc1cc(NC(=O)CS(=O)(=O)c2ccccc2)c(OC)cc1Cl. The van der Waals surface area contributed by atoms with Gasteiger partial charge in [-0.3, -0.25) is 4.79 Å². The predicted octanol–water partition coefficient (Wildman–Crippen LogP) is 2.77. The van der Waals surface area contributed by atoms with Gasteiger partial charge in [0.05, 0.1) is 29.8 Å². The van der Waals surface area contributed by atoms with E-state index in [1.807, 2.05) is 0 Å². The fraction of sp³-hybridized carbons (Fsp3) is 0.188. The number of hydrogen-bond acceptors (Lipinski definition) is 5. The van der Waals surface area contributed by atoms with E-state index in [-0.39, 0.29) is 10.6 Å². The number of amides is 1. The highest BCUT2D eigenvalue weighted by molar-refractivity contribution is 7.92. The number of ether oxygens (including phenoxy) is 2. The first-order valence-electron chi connectivity index (χ1n) is 6.86. The van der Waals surface area contributed by atoms with E-state index in [1.54, 1.807) is 18.2 Å². The summed E-state index contributed by atoms with van der Waals surface area (Å²) in [5.74, 6) is -0.753. The number of hydrogen-bond donors (Lipinski definition) is 1. The van der Waals surface area contributed by atoms with Gasteiger partial charge in [-0.2, -0.15) is 0 Å². The van der Waals surface area contributed by atoms with Crippen molar-refractivity contribution in [2.75, 3.05) is 25.3 Å². The lowest BCUT2D eigenvalue weighted by atomic mass is 10.2. The second-order valence-corrected chi connectivity index (χ2v) is 7.20. The van der Waals surface area contributed by atoms with Gasteiger partial charge in [-0.15, -0.1) is 0 Å². The lowest BCUT2D eigenvalue weighted by molar-refractivity contribution is -0.113. The van der Waals surface area contributed by atoms with E-state index in [0.29, 0.717) is 16.5 Å². The van der Waals surface area contributed by atoms with Crippen LogP contribution in [0.15, 0.2) is 47.4 Å². The maximum absolute atomic E-state index is 12.2. The molecule has 0 saturated heterocycles. The van der Waals surface area contributed by atoms with Crippen LogP contribution in [0.2, 0.25) is 5.02 Å². The first-order chi connectivity index (χ1) is 11.4. The number of carbonyl (C=O) groups excluding carboxylic acids is 1. The van der Waals surface area contributed by atoms with Crippen molar-refractivity contribution in [3.63, 3.8) is 0 Å². The van der Waals surface area contributed by atoms with E-state index in [1.165, 1.54) is 38.5 Å². The topological polar surface area (TPSA) is 81.7 Å². The Morgan fingerprint density at radius 2 is 1.71 bits per heavy atom. The fourth-order valence-corrected chi connectivity index (χ4v) is 3.41. The summed E-state index contributed by atoms with van der Waals surface area (Å²) in [6.07, 6.45) is 0. The minimum absolute atomic E-state index is 0.0841. The molecule has 2 aromatic carbocycles. The van der Waals surface area contributed by atoms with E-state index in [2.05, 4.69) is 5.32 Å². The Balaban J connectivity index is 2.21. The molecule has 1 amide bonds. The molecule has 8 heteroatoms. The Hall–Kier alpha value is -2.25. The van der Waals surface area contributed by atoms with Crippen LogP contribution < -0.4 is 14.8 Å². The minimum atomic E-state index is -3.73. The van der Waals surface area contributed by atoms with Crippen LogP contribution in [0.4, 0.5) is 5.69 Å². The van der Waals surface area contributed by atoms with Gasteiger partial charge >= 0.3 is 0 Å². The van der Waals surface area contributed by atoms with Crippen molar-refractivity contribution in [2.45, 2.75) is 4.90 Å². The molecule has 0 aliphatic rings. The lowest BCUT2D eigenvalue weighted by Crippen LogP contribution is -2.23. The number of nitrogens with one attached hydrogen (secondary N) is 1. The predicted molar refractivity (Wildman–Crippen MR) is 91.7 cm³/mol. The van der Waals surface area contributed by atoms with Gasteiger partial charge in [0.2, 0.25) is 5.91 Å². The van der Waals surface area contributed by atoms with Gasteiger partial charge in [0.25, 0.3) is 0 Å². The van der Waals surface area contributed by atoms with E-state index >= 15 is 0 Å². The summed E-state index contributed by atoms with van der Waals surface area (Å²) in [6, 6.07) is 10.7. The molecule has 1 N–H and O–H groups in total. The summed E-state index contributed by atoms with van der Waals surface area (Å²) in [6.45, 7) is 0. The van der Waals surface area contributed by atoms with Gasteiger partial charge in [0.15, 0.2) is 9.84 Å². The van der Waals surface area contributed by atoms with Crippen LogP contribution in [0.3, 0.4) is 0 Å². The number of sulfone groups is 1. The van der Waals surface area contributed by atoms with E-state index in [9.17, 15) is 13.2 Å². The second kappa shape index (κ2) is 7.55. The average molecular weight is 370 g/mol. The van der Waals surface area contributed by atoms with E-state index in [4.69, 9.17) is 21.1 Å². The van der Waals surface area contributed by atoms with Gasteiger partial charge < -0.3 is 14.8 Å². The number of benzene rings is 2. The molecule has 0 bridgehead atoms. The Morgan fingerprint density at radius 1 is 1.08 bits per heavy atom. The molecule has 0 saturated carbocycles. The molecule has 0 spiro atoms. The Bertz CT molecular complexity index is 837. The number of rotatable bonds is 6. The zero-order chi connectivity index (χ0) is 17.7. The van der Waals surface area contributed by atoms with Crippen molar-refractivity contribution in [3.05, 3.63) is 47.5 Å². The summed E-state index contributed by atoms with van der Waals surface area (Å²) < 4.78 is 34.7. The molecular formula is C16H16ClNO5S. The highest BCUT2D eigenvalue weighted by Crippen LogP contribution is 2.35. The quantitative estimate of drug-likeness (QED) is 0.846. The molecule has 6 nitrogen and oxygen atoms in total. The van der Waals surface area contributed by atoms with Crippen molar-refractivity contribution in [3.8, 4) is 11.5 Å². The summed E-state index contributed by atoms with van der Waals surface area (Å²) in [4.78, 5) is 12.2. The molecule has 2 aromatic rings. The van der Waals surface area contributed by atoms with Crippen LogP contribution in [0.5, 0.6) is 11.5 Å². The molecule has 128 valence electrons. The van der Waals surface area contributed by atoms with Gasteiger partial charge in [-0.25, -0.2) is 8.42 Å². The molecule has 0 aromatic heterocycles. The summed E-state index contributed by atoms with van der Waals surface area (Å²) in [7, 11) is -0.892. The molecular weight excluding hydrogens is 354 g/mol. The average Bonchev–Trinajstić information content (AvgIpc) is 2.56. The molecule has 0 aliphatic heterocycles. The summed E-state index contributed by atoms with van der Waals surface area (Å²) in [5, 5.41) is 2.82. The van der Waals surface area contributed by atoms with Crippen molar-refractivity contribution in [1.82, 2.24) is 0 Å². The largest absolute Gasteiger partial charge is 0.495 e. The summed E-state index contributed by atoms with van der Waals surface area (Å²) in [5.41, 5.74) is 0.270. The second-order valence-electron chi connectivity index (χ2n) is 4.81. The summed E-state index contributed by atoms with van der Waals surface area (Å²) >= 11 is 5.99. The zero-order valence-electron chi connectivity index (χ0n) is 13.1. The first-order valence-corrected chi connectivity index (χ1v) is 8.89. The Labute approximate surface area is 145 Å². The van der Waals surface area contributed by atoms with Crippen LogP contribution in [-0.4, -0.2) is 34.3 Å². The third-order valence-corrected chi connectivity index (χ3v) is 5.10. The van der Waals surface area contributed by atoms with Gasteiger partial charge in [0.1, 0.15) is 17.3 Å². The number of carbonyl (C=O) groups is 1. The fourth-order valence-electron chi connectivity index (χ4n) is 2.03. The molecule has 0 unspecified atom stereocenters. The van der Waals surface area contributed by atoms with Crippen molar-refractivity contribution < 1.29 is 22.7 Å². The van der Waals surface area contributed by atoms with Crippen LogP contribution in [0.1, 0.15) is 0 Å². The molecule has 24 heavy (non-hydrogen) atoms. The van der Waals surface area contributed by atoms with Gasteiger partial charge in [-0.05, 0) is 12.1 Å². The van der Waals surface area contributed by atoms with Gasteiger partial charge in [0, 0.05) is 12.1 Å². The maximum atomic E-state index is 12.2. The highest BCUT2D eigenvalue weighted by Gasteiger charge is 2.20. The van der Waals surface area contributed by atoms with E-state index < -0.39 is 21.5 Å². The molecule has 0 atom stereocenters. The lowest BCUT2D eigenvalue weighted by Gasteiger charge is -2.13. The third kappa shape index (κ3) is 4.18. The highest BCUT2D eigenvalue weighted by atomic mass is 35.5. The Morgan fingerprint density at radius 3 is 2.29 bits per heavy atom. The molecule has 0 aliphatic carbocycles. The van der Waals surface area contributed by atoms with Crippen LogP contribution in [-0.2, 0) is 14.6 Å². The van der Waals surface area contributed by atoms with Crippen LogP contribution in [0.25, 0.3) is 0 Å². The number of methoxy groups -OCH3 is 2. The monoisotopic (exact) mass is 369 g/mol. The van der Waals surface area contributed by atoms with E-state index in [0.717, 1.165) is 0 Å². The zero-order valence-corrected chi connectivity index (χ0v) is 14.6. The minimum Gasteiger partial charge on any atom is -0.495 e. The van der Waals surface area contributed by atoms with Crippen molar-refractivity contribution in [1.29, 1.82) is 0 Å². The molecule has 0 heterocycles. The Kier molecular flexibility index (Phi) is 5.69. The first kappa shape index (κ1) is 18.1. The normalized spacial score (nSPS) is 11.0. The van der Waals surface area contributed by atoms with Crippen LogP contribution in [0, 0.1) is 0 Å². The molecule has 0 radical (unpaired) electrons. The van der Waals surface area contributed by atoms with Crippen molar-refractivity contribution >= 4 is 33.0 Å². The molecule has 0 fully saturated rings. The van der Waals surface area contributed by atoms with Crippen molar-refractivity contribution in [2.24, 2.45) is 0 Å². The smallest absolute Gasteiger partial charge is 0.240 e. The van der Waals surface area contributed by atoms with Gasteiger partial charge in [-0.1, -0.05) is 29.8 Å².